The third kappa shape index (κ3) is 2.32. The highest BCUT2D eigenvalue weighted by Crippen LogP contribution is 2.23. The largest absolute Gasteiger partial charge is 0.300 e. The van der Waals surface area contributed by atoms with E-state index in [9.17, 15) is 13.2 Å². The minimum Gasteiger partial charge on any atom is -0.300 e. The Balaban J connectivity index is 2.26. The number of aromatic nitrogens is 2. The molecule has 0 amide bonds. The Bertz CT molecular complexity index is 550. The van der Waals surface area contributed by atoms with Crippen molar-refractivity contribution < 1.29 is 13.2 Å². The molecule has 1 unspecified atom stereocenters. The Morgan fingerprint density at radius 3 is 2.78 bits per heavy atom. The Morgan fingerprint density at radius 1 is 1.50 bits per heavy atom. The second-order valence-corrected chi connectivity index (χ2v) is 6.49. The molecule has 0 radical (unpaired) electrons. The number of nitrogens with zero attached hydrogens (tertiary/aromatic N) is 3. The molecule has 0 bridgehead atoms. The molecule has 6 nitrogen and oxygen atoms in total. The zero-order chi connectivity index (χ0) is 13.3. The van der Waals surface area contributed by atoms with Crippen LogP contribution in [0.25, 0.3) is 0 Å². The molecule has 1 aliphatic heterocycles. The van der Waals surface area contributed by atoms with Crippen LogP contribution in [0.2, 0.25) is 0 Å². The molecule has 1 aliphatic rings. The standard InChI is InChI=1S/C11H17N3O3S/c1-9(15)10-4-3-7-14(8-10)18(16,17)11-5-6-12-13(11)2/h5-6,10H,3-4,7-8H2,1-2H3. The summed E-state index contributed by atoms with van der Waals surface area (Å²) in [6.45, 7) is 2.27. The zero-order valence-corrected chi connectivity index (χ0v) is 11.4. The third-order valence-corrected chi connectivity index (χ3v) is 5.28. The number of Topliss-reactive ketones (excluding diaryl/α,β-unsaturated/α-hetero) is 1. The smallest absolute Gasteiger partial charge is 0.260 e. The van der Waals surface area contributed by atoms with Crippen LogP contribution in [-0.2, 0) is 21.9 Å². The summed E-state index contributed by atoms with van der Waals surface area (Å²) >= 11 is 0. The third-order valence-electron chi connectivity index (χ3n) is 3.34. The van der Waals surface area contributed by atoms with Gasteiger partial charge in [0.05, 0.1) is 6.20 Å². The van der Waals surface area contributed by atoms with Crippen molar-refractivity contribution in [2.75, 3.05) is 13.1 Å². The van der Waals surface area contributed by atoms with Gasteiger partial charge in [-0.1, -0.05) is 0 Å². The molecule has 1 aromatic rings. The minimum atomic E-state index is -3.53. The first kappa shape index (κ1) is 13.2. The summed E-state index contributed by atoms with van der Waals surface area (Å²) < 4.78 is 27.5. The fourth-order valence-corrected chi connectivity index (χ4v) is 3.86. The molecule has 0 N–H and O–H groups in total. The predicted octanol–water partition coefficient (Wildman–Crippen LogP) is 0.410. The summed E-state index contributed by atoms with van der Waals surface area (Å²) in [6.07, 6.45) is 2.95. The Hall–Kier alpha value is -1.21. The first-order chi connectivity index (χ1) is 8.43. The van der Waals surface area contributed by atoms with Crippen LogP contribution in [0, 0.1) is 5.92 Å². The van der Waals surface area contributed by atoms with E-state index in [4.69, 9.17) is 0 Å². The van der Waals surface area contributed by atoms with Gasteiger partial charge in [-0.25, -0.2) is 8.42 Å². The average molecular weight is 271 g/mol. The fraction of sp³-hybridized carbons (Fsp3) is 0.636. The first-order valence-electron chi connectivity index (χ1n) is 5.91. The van der Waals surface area contributed by atoms with Gasteiger partial charge in [0, 0.05) is 26.1 Å². The van der Waals surface area contributed by atoms with Crippen molar-refractivity contribution in [3.8, 4) is 0 Å². The average Bonchev–Trinajstić information content (AvgIpc) is 2.76. The second-order valence-electron chi connectivity index (χ2n) is 4.61. The number of sulfonamides is 1. The molecule has 100 valence electrons. The summed E-state index contributed by atoms with van der Waals surface area (Å²) in [4.78, 5) is 11.4. The lowest BCUT2D eigenvalue weighted by Gasteiger charge is -2.30. The summed E-state index contributed by atoms with van der Waals surface area (Å²) in [5.41, 5.74) is 0. The second kappa shape index (κ2) is 4.81. The van der Waals surface area contributed by atoms with Gasteiger partial charge in [0.1, 0.15) is 5.78 Å². The van der Waals surface area contributed by atoms with Crippen molar-refractivity contribution >= 4 is 15.8 Å². The van der Waals surface area contributed by atoms with Gasteiger partial charge in [-0.2, -0.15) is 9.40 Å². The molecule has 1 fully saturated rings. The van der Waals surface area contributed by atoms with Gasteiger partial charge in [-0.3, -0.25) is 9.48 Å². The van der Waals surface area contributed by atoms with E-state index in [1.54, 1.807) is 7.05 Å². The van der Waals surface area contributed by atoms with E-state index in [-0.39, 0.29) is 23.3 Å². The van der Waals surface area contributed by atoms with Gasteiger partial charge in [-0.05, 0) is 25.8 Å². The topological polar surface area (TPSA) is 72.3 Å². The highest BCUT2D eigenvalue weighted by molar-refractivity contribution is 7.89. The van der Waals surface area contributed by atoms with Crippen molar-refractivity contribution in [3.05, 3.63) is 12.3 Å². The molecule has 0 aliphatic carbocycles. The number of carbonyl (C=O) groups is 1. The molecule has 0 spiro atoms. The highest BCUT2D eigenvalue weighted by atomic mass is 32.2. The SMILES string of the molecule is CC(=O)C1CCCN(S(=O)(=O)c2ccnn2C)C1. The molecular formula is C11H17N3O3S. The summed E-state index contributed by atoms with van der Waals surface area (Å²) in [5, 5.41) is 4.05. The van der Waals surface area contributed by atoms with Crippen LogP contribution in [0.1, 0.15) is 19.8 Å². The number of aryl methyl sites for hydroxylation is 1. The zero-order valence-electron chi connectivity index (χ0n) is 10.5. The number of carbonyl (C=O) groups excluding carboxylic acids is 1. The van der Waals surface area contributed by atoms with E-state index < -0.39 is 10.0 Å². The van der Waals surface area contributed by atoms with Crippen molar-refractivity contribution in [3.63, 3.8) is 0 Å². The highest BCUT2D eigenvalue weighted by Gasteiger charge is 2.33. The van der Waals surface area contributed by atoms with Crippen LogP contribution >= 0.6 is 0 Å². The van der Waals surface area contributed by atoms with Crippen LogP contribution in [0.5, 0.6) is 0 Å². The summed E-state index contributed by atoms with van der Waals surface area (Å²) in [7, 11) is -1.94. The lowest BCUT2D eigenvalue weighted by Crippen LogP contribution is -2.42. The summed E-state index contributed by atoms with van der Waals surface area (Å²) in [6, 6.07) is 1.48. The lowest BCUT2D eigenvalue weighted by atomic mass is 9.96. The van der Waals surface area contributed by atoms with E-state index in [1.165, 1.54) is 28.2 Å². The predicted molar refractivity (Wildman–Crippen MR) is 65.4 cm³/mol. The number of hydrogen-bond donors (Lipinski definition) is 0. The molecule has 0 saturated carbocycles. The maximum absolute atomic E-state index is 12.4. The maximum Gasteiger partial charge on any atom is 0.260 e. The van der Waals surface area contributed by atoms with E-state index >= 15 is 0 Å². The van der Waals surface area contributed by atoms with Gasteiger partial charge in [0.2, 0.25) is 0 Å². The molecule has 1 saturated heterocycles. The van der Waals surface area contributed by atoms with Gasteiger partial charge in [0.15, 0.2) is 5.03 Å². The molecular weight excluding hydrogens is 254 g/mol. The Labute approximate surface area is 107 Å². The van der Waals surface area contributed by atoms with Gasteiger partial charge < -0.3 is 0 Å². The fourth-order valence-electron chi connectivity index (χ4n) is 2.24. The van der Waals surface area contributed by atoms with Gasteiger partial charge in [0.25, 0.3) is 10.0 Å². The molecule has 1 atom stereocenters. The van der Waals surface area contributed by atoms with E-state index in [0.717, 1.165) is 12.8 Å². The molecule has 2 rings (SSSR count). The number of hydrogen-bond acceptors (Lipinski definition) is 4. The first-order valence-corrected chi connectivity index (χ1v) is 7.35. The Kier molecular flexibility index (Phi) is 3.54. The van der Waals surface area contributed by atoms with Crippen molar-refractivity contribution in [1.82, 2.24) is 14.1 Å². The van der Waals surface area contributed by atoms with Crippen molar-refractivity contribution in [2.24, 2.45) is 13.0 Å². The monoisotopic (exact) mass is 271 g/mol. The van der Waals surface area contributed by atoms with Crippen LogP contribution in [-0.4, -0.2) is 41.4 Å². The quantitative estimate of drug-likeness (QED) is 0.798. The minimum absolute atomic E-state index is 0.0555. The van der Waals surface area contributed by atoms with E-state index in [1.807, 2.05) is 0 Å². The normalized spacial score (nSPS) is 22.0. The number of ketones is 1. The lowest BCUT2D eigenvalue weighted by molar-refractivity contribution is -0.121. The number of piperidine rings is 1. The number of rotatable bonds is 3. The van der Waals surface area contributed by atoms with E-state index in [2.05, 4.69) is 5.10 Å². The van der Waals surface area contributed by atoms with Gasteiger partial charge >= 0.3 is 0 Å². The molecule has 7 heteroatoms. The molecule has 0 aromatic carbocycles. The van der Waals surface area contributed by atoms with Crippen LogP contribution in [0.3, 0.4) is 0 Å². The van der Waals surface area contributed by atoms with Gasteiger partial charge in [-0.15, -0.1) is 0 Å². The van der Waals surface area contributed by atoms with E-state index in [0.29, 0.717) is 6.54 Å². The van der Waals surface area contributed by atoms with Crippen LogP contribution in [0.15, 0.2) is 17.3 Å². The Morgan fingerprint density at radius 2 is 2.22 bits per heavy atom. The summed E-state index contributed by atoms with van der Waals surface area (Å²) in [5.74, 6) is -0.123. The molecule has 1 aromatic heterocycles. The van der Waals surface area contributed by atoms with Crippen LogP contribution < -0.4 is 0 Å². The van der Waals surface area contributed by atoms with Crippen molar-refractivity contribution in [1.29, 1.82) is 0 Å². The maximum atomic E-state index is 12.4. The van der Waals surface area contributed by atoms with Crippen molar-refractivity contribution in [2.45, 2.75) is 24.8 Å². The molecule has 2 heterocycles. The van der Waals surface area contributed by atoms with Crippen LogP contribution in [0.4, 0.5) is 0 Å². The molecule has 18 heavy (non-hydrogen) atoms.